The number of carboxylic acid groups (broad SMARTS) is 1. The molecule has 4 N–H and O–H groups in total. The van der Waals surface area contributed by atoms with Crippen molar-refractivity contribution in [3.8, 4) is 0 Å². The molecule has 1 aromatic heterocycles. The molecule has 1 spiro atoms. The highest BCUT2D eigenvalue weighted by atomic mass is 16.7. The number of rotatable bonds is 5. The van der Waals surface area contributed by atoms with E-state index < -0.39 is 70.6 Å². The molecular weight excluding hydrogens is 600 g/mol. The Morgan fingerprint density at radius 2 is 1.76 bits per heavy atom. The number of aliphatic carboxylic acids is 1. The highest BCUT2D eigenvalue weighted by molar-refractivity contribution is 6.04. The first-order chi connectivity index (χ1) is 21.5. The fraction of sp³-hybridized carbons (Fsp3) is 0.676. The number of carbonyl (C=O) groups is 3. The van der Waals surface area contributed by atoms with Gasteiger partial charge in [-0.05, 0) is 55.2 Å². The molecule has 0 aromatic carbocycles. The molecule has 13 unspecified atom stereocenters. The number of ether oxygens (including phenoxy) is 4. The maximum atomic E-state index is 15.1. The van der Waals surface area contributed by atoms with Crippen molar-refractivity contribution in [2.45, 2.75) is 115 Å². The van der Waals surface area contributed by atoms with Crippen LogP contribution in [0.2, 0.25) is 0 Å². The zero-order valence-electron chi connectivity index (χ0n) is 26.8. The molecule has 0 amide bonds. The number of carboxylic acids is 1. The fourth-order valence-electron chi connectivity index (χ4n) is 10.6. The molecule has 13 atom stereocenters. The van der Waals surface area contributed by atoms with Gasteiger partial charge in [-0.1, -0.05) is 39.8 Å². The second-order valence-corrected chi connectivity index (χ2v) is 15.2. The Morgan fingerprint density at radius 1 is 1.04 bits per heavy atom. The predicted molar refractivity (Wildman–Crippen MR) is 157 cm³/mol. The van der Waals surface area contributed by atoms with Crippen LogP contribution in [-0.2, 0) is 33.3 Å². The molecule has 12 heteroatoms. The lowest BCUT2D eigenvalue weighted by molar-refractivity contribution is -0.306. The highest BCUT2D eigenvalue weighted by Crippen LogP contribution is 2.81. The average Bonchev–Trinajstić information content (AvgIpc) is 3.33. The smallest absolute Gasteiger partial charge is 0.335 e. The van der Waals surface area contributed by atoms with E-state index in [9.17, 15) is 30.0 Å². The van der Waals surface area contributed by atoms with E-state index >= 15 is 4.79 Å². The Morgan fingerprint density at radius 3 is 2.39 bits per heavy atom. The van der Waals surface area contributed by atoms with E-state index in [2.05, 4.69) is 6.92 Å². The van der Waals surface area contributed by atoms with Crippen LogP contribution in [0.4, 0.5) is 0 Å². The van der Waals surface area contributed by atoms with Crippen molar-refractivity contribution in [3.63, 3.8) is 0 Å². The Kier molecular flexibility index (Phi) is 6.78. The number of esters is 1. The van der Waals surface area contributed by atoms with E-state index in [4.69, 9.17) is 23.4 Å². The van der Waals surface area contributed by atoms with Gasteiger partial charge in [0.2, 0.25) is 5.78 Å². The van der Waals surface area contributed by atoms with E-state index in [-0.39, 0.29) is 34.9 Å². The van der Waals surface area contributed by atoms with Gasteiger partial charge in [0.1, 0.15) is 23.9 Å². The van der Waals surface area contributed by atoms with E-state index in [0.29, 0.717) is 12.0 Å². The fourth-order valence-corrected chi connectivity index (χ4v) is 10.6. The van der Waals surface area contributed by atoms with Crippen molar-refractivity contribution >= 4 is 17.7 Å². The first kappa shape index (κ1) is 31.7. The van der Waals surface area contributed by atoms with E-state index in [0.717, 1.165) is 18.4 Å². The third-order valence-corrected chi connectivity index (χ3v) is 12.6. The number of furan rings is 1. The number of aliphatic hydroxyl groups is 3. The van der Waals surface area contributed by atoms with Gasteiger partial charge >= 0.3 is 11.9 Å². The van der Waals surface area contributed by atoms with Crippen molar-refractivity contribution in [2.24, 2.45) is 27.6 Å². The van der Waals surface area contributed by atoms with Crippen molar-refractivity contribution in [2.75, 3.05) is 0 Å². The number of hydrogen-bond acceptors (Lipinski definition) is 11. The number of ketones is 1. The van der Waals surface area contributed by atoms with Crippen LogP contribution in [0.3, 0.4) is 0 Å². The van der Waals surface area contributed by atoms with Gasteiger partial charge in [-0.2, -0.15) is 0 Å². The number of hydrogen-bond donors (Lipinski definition) is 4. The minimum Gasteiger partial charge on any atom is -0.479 e. The number of carbonyl (C=O) groups excluding carboxylic acids is 2. The summed E-state index contributed by atoms with van der Waals surface area (Å²) in [6.07, 6.45) is -0.556. The van der Waals surface area contributed by atoms with Crippen LogP contribution in [0, 0.1) is 27.6 Å². The van der Waals surface area contributed by atoms with Crippen LogP contribution in [0.5, 0.6) is 0 Å². The molecule has 7 rings (SSSR count). The molecule has 2 saturated carbocycles. The molecule has 0 bridgehead atoms. The summed E-state index contributed by atoms with van der Waals surface area (Å²) in [4.78, 5) is 39.4. The molecule has 2 aliphatic heterocycles. The van der Waals surface area contributed by atoms with E-state index in [1.807, 2.05) is 39.8 Å². The standard InChI is InChI=1S/C34H42O12/c1-15(35)43-25-26-30(2,3)19(44-29-23(38)21(36)22(37)24(45-29)28(40)41)8-10-31(26,4)18-7-11-32(5)17(16-9-12-42-14-16)13-20-34(32,46-20)33(18,6)27(25)39/h8-10,12,14,17-24,29,36-38H,7,11,13H2,1-6H3,(H,40,41). The first-order valence-corrected chi connectivity index (χ1v) is 15.9. The van der Waals surface area contributed by atoms with Crippen LogP contribution < -0.4 is 0 Å². The van der Waals surface area contributed by atoms with Gasteiger partial charge in [0.15, 0.2) is 18.2 Å². The number of allylic oxidation sites excluding steroid dienone is 2. The van der Waals surface area contributed by atoms with Gasteiger partial charge in [-0.25, -0.2) is 4.79 Å². The lowest BCUT2D eigenvalue weighted by atomic mass is 9.39. The quantitative estimate of drug-likeness (QED) is 0.209. The average molecular weight is 643 g/mol. The Bertz CT molecular complexity index is 1540. The maximum Gasteiger partial charge on any atom is 0.335 e. The maximum absolute atomic E-state index is 15.1. The minimum atomic E-state index is -1.87. The Labute approximate surface area is 266 Å². The van der Waals surface area contributed by atoms with Crippen LogP contribution in [0.1, 0.15) is 72.3 Å². The number of fused-ring (bicyclic) bond motifs is 3. The summed E-state index contributed by atoms with van der Waals surface area (Å²) in [6.45, 7) is 11.1. The van der Waals surface area contributed by atoms with Gasteiger partial charge in [-0.3, -0.25) is 9.59 Å². The van der Waals surface area contributed by atoms with Crippen LogP contribution in [0.25, 0.3) is 0 Å². The Balaban J connectivity index is 1.31. The summed E-state index contributed by atoms with van der Waals surface area (Å²) < 4.78 is 29.5. The third-order valence-electron chi connectivity index (χ3n) is 12.6. The van der Waals surface area contributed by atoms with E-state index in [1.165, 1.54) is 6.92 Å². The molecule has 6 aliphatic rings. The zero-order chi connectivity index (χ0) is 33.4. The molecule has 12 nitrogen and oxygen atoms in total. The summed E-state index contributed by atoms with van der Waals surface area (Å²) in [5.74, 6) is -2.64. The highest BCUT2D eigenvalue weighted by Gasteiger charge is 2.87. The molecule has 3 heterocycles. The summed E-state index contributed by atoms with van der Waals surface area (Å²) in [5.41, 5.74) is -2.41. The summed E-state index contributed by atoms with van der Waals surface area (Å²) in [5, 5.41) is 40.8. The summed E-state index contributed by atoms with van der Waals surface area (Å²) in [6, 6.07) is 1.98. The number of Topliss-reactive ketones (excluding diaryl/α,β-unsaturated/α-hetero) is 1. The summed E-state index contributed by atoms with van der Waals surface area (Å²) >= 11 is 0. The van der Waals surface area contributed by atoms with Gasteiger partial charge in [-0.15, -0.1) is 0 Å². The largest absolute Gasteiger partial charge is 0.479 e. The number of epoxide rings is 1. The predicted octanol–water partition coefficient (Wildman–Crippen LogP) is 2.61. The van der Waals surface area contributed by atoms with Crippen molar-refractivity contribution in [1.29, 1.82) is 0 Å². The lowest BCUT2D eigenvalue weighted by Crippen LogP contribution is -2.67. The Hall–Kier alpha value is -2.87. The number of aliphatic hydroxyl groups excluding tert-OH is 3. The topological polar surface area (TPSA) is 185 Å². The molecule has 4 aliphatic carbocycles. The first-order valence-electron chi connectivity index (χ1n) is 15.9. The molecule has 0 radical (unpaired) electrons. The molecule has 46 heavy (non-hydrogen) atoms. The van der Waals surface area contributed by atoms with Crippen LogP contribution in [0.15, 0.2) is 46.5 Å². The SMILES string of the molecule is CC(=O)OC1=C2C(C)(C)C(OC3OC(C(=O)O)C(O)C(O)C3O)C=CC2(C)C2CCC3(C)C(c4ccoc4)CC4OC43C2(C)C1=O. The monoisotopic (exact) mass is 642 g/mol. The van der Waals surface area contributed by atoms with Gasteiger partial charge < -0.3 is 43.8 Å². The lowest BCUT2D eigenvalue weighted by Gasteiger charge is -2.63. The summed E-state index contributed by atoms with van der Waals surface area (Å²) in [7, 11) is 0. The normalized spacial score (nSPS) is 48.6. The van der Waals surface area contributed by atoms with Crippen molar-refractivity contribution < 1.29 is 58.2 Å². The molecule has 250 valence electrons. The van der Waals surface area contributed by atoms with Crippen LogP contribution in [-0.4, -0.2) is 86.7 Å². The molecule has 1 aromatic rings. The van der Waals surface area contributed by atoms with Gasteiger partial charge in [0, 0.05) is 23.2 Å². The van der Waals surface area contributed by atoms with Crippen molar-refractivity contribution in [1.82, 2.24) is 0 Å². The minimum absolute atomic E-state index is 0.0553. The zero-order valence-corrected chi connectivity index (χ0v) is 26.8. The molecule has 4 fully saturated rings. The van der Waals surface area contributed by atoms with E-state index in [1.54, 1.807) is 18.6 Å². The second-order valence-electron chi connectivity index (χ2n) is 15.2. The molecule has 2 saturated heterocycles. The van der Waals surface area contributed by atoms with Gasteiger partial charge in [0.05, 0.1) is 30.1 Å². The van der Waals surface area contributed by atoms with Crippen LogP contribution >= 0.6 is 0 Å². The van der Waals surface area contributed by atoms with Gasteiger partial charge in [0.25, 0.3) is 0 Å². The van der Waals surface area contributed by atoms with Crippen molar-refractivity contribution in [3.05, 3.63) is 47.6 Å². The third kappa shape index (κ3) is 3.74. The second kappa shape index (κ2) is 9.83. The molecular formula is C34H42O12.